The van der Waals surface area contributed by atoms with Crippen LogP contribution in [0, 0.1) is 0 Å². The molecule has 3 heteroatoms. The SMILES string of the molecule is Brc1ccc(-c2ccc3sc4ccc(-c5ccc(Br)cc5)cc4c3c2)cc1. The van der Waals surface area contributed by atoms with Gasteiger partial charge in [0, 0.05) is 29.1 Å². The number of benzene rings is 4. The van der Waals surface area contributed by atoms with Crippen LogP contribution < -0.4 is 0 Å². The van der Waals surface area contributed by atoms with Gasteiger partial charge in [-0.1, -0.05) is 68.3 Å². The Morgan fingerprint density at radius 3 is 1.22 bits per heavy atom. The summed E-state index contributed by atoms with van der Waals surface area (Å²) in [5, 5.41) is 2.66. The van der Waals surface area contributed by atoms with E-state index < -0.39 is 0 Å². The van der Waals surface area contributed by atoms with E-state index in [0.717, 1.165) is 8.95 Å². The van der Waals surface area contributed by atoms with Gasteiger partial charge in [-0.3, -0.25) is 0 Å². The van der Waals surface area contributed by atoms with E-state index in [9.17, 15) is 0 Å². The molecule has 0 spiro atoms. The van der Waals surface area contributed by atoms with E-state index >= 15 is 0 Å². The maximum absolute atomic E-state index is 3.52. The van der Waals surface area contributed by atoms with Crippen molar-refractivity contribution in [1.82, 2.24) is 0 Å². The average Bonchev–Trinajstić information content (AvgIpc) is 3.06. The van der Waals surface area contributed by atoms with Crippen molar-refractivity contribution in [3.63, 3.8) is 0 Å². The van der Waals surface area contributed by atoms with Gasteiger partial charge in [0.25, 0.3) is 0 Å². The van der Waals surface area contributed by atoms with E-state index in [-0.39, 0.29) is 0 Å². The first-order valence-electron chi connectivity index (χ1n) is 8.66. The first-order chi connectivity index (χ1) is 13.2. The van der Waals surface area contributed by atoms with Crippen LogP contribution in [0.25, 0.3) is 42.4 Å². The zero-order valence-electron chi connectivity index (χ0n) is 14.2. The van der Waals surface area contributed by atoms with Crippen LogP contribution >= 0.6 is 43.2 Å². The fraction of sp³-hybridized carbons (Fsp3) is 0. The third-order valence-electron chi connectivity index (χ3n) is 4.82. The van der Waals surface area contributed by atoms with E-state index in [1.54, 1.807) is 0 Å². The fourth-order valence-electron chi connectivity index (χ4n) is 3.42. The molecule has 5 aromatic rings. The minimum Gasteiger partial charge on any atom is -0.135 e. The van der Waals surface area contributed by atoms with Crippen molar-refractivity contribution in [2.24, 2.45) is 0 Å². The molecule has 0 saturated carbocycles. The Bertz CT molecular complexity index is 1170. The first-order valence-corrected chi connectivity index (χ1v) is 11.1. The molecule has 0 N–H and O–H groups in total. The van der Waals surface area contributed by atoms with E-state index in [2.05, 4.69) is 117 Å². The van der Waals surface area contributed by atoms with Crippen LogP contribution in [0.2, 0.25) is 0 Å². The molecule has 1 aromatic heterocycles. The quantitative estimate of drug-likeness (QED) is 0.230. The van der Waals surface area contributed by atoms with E-state index in [4.69, 9.17) is 0 Å². The summed E-state index contributed by atoms with van der Waals surface area (Å²) in [6.07, 6.45) is 0. The van der Waals surface area contributed by atoms with E-state index in [0.29, 0.717) is 0 Å². The molecule has 27 heavy (non-hydrogen) atoms. The van der Waals surface area contributed by atoms with Gasteiger partial charge in [-0.2, -0.15) is 0 Å². The van der Waals surface area contributed by atoms with Crippen LogP contribution in [0.5, 0.6) is 0 Å². The Labute approximate surface area is 178 Å². The highest BCUT2D eigenvalue weighted by Crippen LogP contribution is 2.38. The monoisotopic (exact) mass is 492 g/mol. The van der Waals surface area contributed by atoms with Crippen molar-refractivity contribution in [3.05, 3.63) is 93.9 Å². The molecular formula is C24H14Br2S. The van der Waals surface area contributed by atoms with Gasteiger partial charge in [0.15, 0.2) is 0 Å². The molecule has 1 heterocycles. The molecule has 0 saturated heterocycles. The molecule has 4 aromatic carbocycles. The van der Waals surface area contributed by atoms with Gasteiger partial charge in [-0.25, -0.2) is 0 Å². The number of hydrogen-bond donors (Lipinski definition) is 0. The third-order valence-corrected chi connectivity index (χ3v) is 7.03. The summed E-state index contributed by atoms with van der Waals surface area (Å²) in [6.45, 7) is 0. The zero-order chi connectivity index (χ0) is 18.4. The molecule has 0 amide bonds. The lowest BCUT2D eigenvalue weighted by molar-refractivity contribution is 1.61. The smallest absolute Gasteiger partial charge is 0.0355 e. The minimum atomic E-state index is 1.10. The summed E-state index contributed by atoms with van der Waals surface area (Å²) in [7, 11) is 0. The van der Waals surface area contributed by atoms with Gasteiger partial charge in [0.2, 0.25) is 0 Å². The topological polar surface area (TPSA) is 0 Å². The molecule has 130 valence electrons. The highest BCUT2D eigenvalue weighted by molar-refractivity contribution is 9.10. The second-order valence-electron chi connectivity index (χ2n) is 6.54. The molecule has 0 aliphatic heterocycles. The maximum Gasteiger partial charge on any atom is 0.0355 e. The van der Waals surface area contributed by atoms with Crippen molar-refractivity contribution in [1.29, 1.82) is 0 Å². The van der Waals surface area contributed by atoms with Crippen molar-refractivity contribution < 1.29 is 0 Å². The molecule has 0 radical (unpaired) electrons. The van der Waals surface area contributed by atoms with Crippen LogP contribution in [0.15, 0.2) is 93.9 Å². The molecule has 5 rings (SSSR count). The summed E-state index contributed by atoms with van der Waals surface area (Å²) < 4.78 is 4.87. The normalized spacial score (nSPS) is 11.3. The molecule has 0 aliphatic carbocycles. The average molecular weight is 494 g/mol. The Morgan fingerprint density at radius 2 is 0.815 bits per heavy atom. The fourth-order valence-corrected chi connectivity index (χ4v) is 5.02. The third kappa shape index (κ3) is 3.25. The Balaban J connectivity index is 1.68. The van der Waals surface area contributed by atoms with Crippen LogP contribution in [0.3, 0.4) is 0 Å². The van der Waals surface area contributed by atoms with E-state index in [1.165, 1.54) is 42.4 Å². The lowest BCUT2D eigenvalue weighted by Crippen LogP contribution is -1.79. The van der Waals surface area contributed by atoms with Crippen LogP contribution in [-0.2, 0) is 0 Å². The summed E-state index contributed by atoms with van der Waals surface area (Å²) in [5.41, 5.74) is 4.99. The van der Waals surface area contributed by atoms with Gasteiger partial charge >= 0.3 is 0 Å². The maximum atomic E-state index is 3.52. The van der Waals surface area contributed by atoms with Gasteiger partial charge in [0.1, 0.15) is 0 Å². The largest absolute Gasteiger partial charge is 0.135 e. The van der Waals surface area contributed by atoms with E-state index in [1.807, 2.05) is 11.3 Å². The van der Waals surface area contributed by atoms with Crippen molar-refractivity contribution >= 4 is 63.4 Å². The summed E-state index contributed by atoms with van der Waals surface area (Å²) in [5.74, 6) is 0. The summed E-state index contributed by atoms with van der Waals surface area (Å²) in [4.78, 5) is 0. The highest BCUT2D eigenvalue weighted by Gasteiger charge is 2.09. The lowest BCUT2D eigenvalue weighted by Gasteiger charge is -2.04. The van der Waals surface area contributed by atoms with Crippen molar-refractivity contribution in [2.75, 3.05) is 0 Å². The number of thiophene rings is 1. The van der Waals surface area contributed by atoms with Crippen molar-refractivity contribution in [3.8, 4) is 22.3 Å². The van der Waals surface area contributed by atoms with Crippen LogP contribution in [0.4, 0.5) is 0 Å². The molecule has 0 nitrogen and oxygen atoms in total. The minimum absolute atomic E-state index is 1.10. The van der Waals surface area contributed by atoms with Crippen LogP contribution in [-0.4, -0.2) is 0 Å². The summed E-state index contributed by atoms with van der Waals surface area (Å²) >= 11 is 8.89. The van der Waals surface area contributed by atoms with Gasteiger partial charge in [-0.05, 0) is 70.8 Å². The lowest BCUT2D eigenvalue weighted by atomic mass is 10.0. The number of rotatable bonds is 2. The first kappa shape index (κ1) is 17.2. The highest BCUT2D eigenvalue weighted by atomic mass is 79.9. The molecule has 0 atom stereocenters. The predicted octanol–water partition coefficient (Wildman–Crippen LogP) is 8.91. The second-order valence-corrected chi connectivity index (χ2v) is 9.45. The Kier molecular flexibility index (Phi) is 4.39. The van der Waals surface area contributed by atoms with Gasteiger partial charge in [0.05, 0.1) is 0 Å². The molecule has 0 bridgehead atoms. The Hall–Kier alpha value is -1.94. The molecule has 0 fully saturated rings. The predicted molar refractivity (Wildman–Crippen MR) is 126 cm³/mol. The number of halogens is 2. The molecule has 0 unspecified atom stereocenters. The number of fused-ring (bicyclic) bond motifs is 3. The zero-order valence-corrected chi connectivity index (χ0v) is 18.2. The van der Waals surface area contributed by atoms with Gasteiger partial charge < -0.3 is 0 Å². The molecular weight excluding hydrogens is 480 g/mol. The summed E-state index contributed by atoms with van der Waals surface area (Å²) in [6, 6.07) is 30.6. The van der Waals surface area contributed by atoms with Crippen LogP contribution in [0.1, 0.15) is 0 Å². The second kappa shape index (κ2) is 6.90. The molecule has 0 aliphatic rings. The number of hydrogen-bond acceptors (Lipinski definition) is 1. The standard InChI is InChI=1S/C24H14Br2S/c25-19-7-1-15(2-8-19)17-5-11-23-21(13-17)22-14-18(6-12-24(22)27-23)16-3-9-20(26)10-4-16/h1-14H. The Morgan fingerprint density at radius 1 is 0.444 bits per heavy atom. The van der Waals surface area contributed by atoms with Crippen molar-refractivity contribution in [2.45, 2.75) is 0 Å². The van der Waals surface area contributed by atoms with Gasteiger partial charge in [-0.15, -0.1) is 11.3 Å².